The largest absolute Gasteiger partial charge is 0.508 e. The molecule has 1 aromatic heterocycles. The Kier molecular flexibility index (Phi) is 6.97. The zero-order chi connectivity index (χ0) is 20.8. The second-order valence-electron chi connectivity index (χ2n) is 8.59. The number of amides is 1. The molecule has 0 spiro atoms. The summed E-state index contributed by atoms with van der Waals surface area (Å²) in [6, 6.07) is 11.7. The highest BCUT2D eigenvalue weighted by molar-refractivity contribution is 5.79. The average molecular weight is 409 g/mol. The smallest absolute Gasteiger partial charge is 0.224 e. The van der Waals surface area contributed by atoms with Crippen molar-refractivity contribution >= 4 is 5.91 Å². The van der Waals surface area contributed by atoms with Gasteiger partial charge in [0, 0.05) is 38.1 Å². The predicted octanol–water partition coefficient (Wildman–Crippen LogP) is 2.78. The molecular formula is C24H32N4O2. The maximum absolute atomic E-state index is 12.7. The van der Waals surface area contributed by atoms with Crippen LogP contribution in [0.2, 0.25) is 0 Å². The van der Waals surface area contributed by atoms with Crippen molar-refractivity contribution in [2.75, 3.05) is 26.2 Å². The summed E-state index contributed by atoms with van der Waals surface area (Å²) in [4.78, 5) is 22.0. The van der Waals surface area contributed by atoms with Crippen LogP contribution in [0.3, 0.4) is 0 Å². The number of nitrogens with one attached hydrogen (secondary N) is 1. The van der Waals surface area contributed by atoms with Crippen LogP contribution in [0.4, 0.5) is 0 Å². The van der Waals surface area contributed by atoms with Crippen LogP contribution in [-0.4, -0.2) is 58.0 Å². The van der Waals surface area contributed by atoms with E-state index >= 15 is 0 Å². The minimum absolute atomic E-state index is 0.0734. The van der Waals surface area contributed by atoms with Crippen LogP contribution in [0.15, 0.2) is 48.8 Å². The van der Waals surface area contributed by atoms with E-state index in [4.69, 9.17) is 0 Å². The number of hydrogen-bond donors (Lipinski definition) is 2. The average Bonchev–Trinajstić information content (AvgIpc) is 2.80. The number of phenolic OH excluding ortho intramolecular Hbond substituents is 1. The Morgan fingerprint density at radius 2 is 1.87 bits per heavy atom. The van der Waals surface area contributed by atoms with Crippen LogP contribution < -0.4 is 5.32 Å². The van der Waals surface area contributed by atoms with Gasteiger partial charge in [-0.1, -0.05) is 18.2 Å². The lowest BCUT2D eigenvalue weighted by Crippen LogP contribution is -2.50. The number of aromatic hydroxyl groups is 1. The number of likely N-dealkylation sites (tertiary alicyclic amines) is 2. The topological polar surface area (TPSA) is 68.7 Å². The van der Waals surface area contributed by atoms with E-state index in [9.17, 15) is 9.90 Å². The zero-order valence-corrected chi connectivity index (χ0v) is 17.5. The number of phenols is 1. The first-order chi connectivity index (χ1) is 14.7. The van der Waals surface area contributed by atoms with Gasteiger partial charge in [-0.25, -0.2) is 0 Å². The van der Waals surface area contributed by atoms with Crippen LogP contribution >= 0.6 is 0 Å². The van der Waals surface area contributed by atoms with E-state index in [1.165, 1.54) is 18.4 Å². The molecule has 2 aromatic rings. The number of piperidine rings is 2. The fourth-order valence-corrected chi connectivity index (χ4v) is 4.69. The fraction of sp³-hybridized carbons (Fsp3) is 0.500. The Labute approximate surface area is 178 Å². The Morgan fingerprint density at radius 1 is 1.07 bits per heavy atom. The Morgan fingerprint density at radius 3 is 2.60 bits per heavy atom. The van der Waals surface area contributed by atoms with Gasteiger partial charge in [0.15, 0.2) is 0 Å². The molecule has 0 unspecified atom stereocenters. The van der Waals surface area contributed by atoms with Crippen molar-refractivity contribution in [3.63, 3.8) is 0 Å². The Bertz CT molecular complexity index is 804. The van der Waals surface area contributed by atoms with Crippen LogP contribution in [0.5, 0.6) is 5.75 Å². The minimum Gasteiger partial charge on any atom is -0.508 e. The van der Waals surface area contributed by atoms with Crippen LogP contribution in [0.25, 0.3) is 0 Å². The van der Waals surface area contributed by atoms with Crippen molar-refractivity contribution in [1.82, 2.24) is 20.1 Å². The molecule has 1 atom stereocenters. The van der Waals surface area contributed by atoms with Gasteiger partial charge in [-0.3, -0.25) is 19.6 Å². The van der Waals surface area contributed by atoms with E-state index in [1.54, 1.807) is 12.1 Å². The first-order valence-electron chi connectivity index (χ1n) is 11.1. The van der Waals surface area contributed by atoms with Gasteiger partial charge >= 0.3 is 0 Å². The molecular weight excluding hydrogens is 376 g/mol. The molecule has 6 nitrogen and oxygen atoms in total. The highest BCUT2D eigenvalue weighted by Gasteiger charge is 2.31. The third-order valence-corrected chi connectivity index (χ3v) is 6.43. The van der Waals surface area contributed by atoms with E-state index in [1.807, 2.05) is 30.6 Å². The zero-order valence-electron chi connectivity index (χ0n) is 17.5. The number of hydrogen-bond acceptors (Lipinski definition) is 5. The number of rotatable bonds is 6. The molecule has 4 rings (SSSR count). The quantitative estimate of drug-likeness (QED) is 0.769. The minimum atomic E-state index is 0.0734. The predicted molar refractivity (Wildman–Crippen MR) is 117 cm³/mol. The maximum Gasteiger partial charge on any atom is 0.224 e. The van der Waals surface area contributed by atoms with Crippen molar-refractivity contribution in [3.8, 4) is 5.75 Å². The second kappa shape index (κ2) is 10.0. The van der Waals surface area contributed by atoms with Gasteiger partial charge in [0.25, 0.3) is 0 Å². The van der Waals surface area contributed by atoms with Crippen molar-refractivity contribution in [3.05, 3.63) is 59.9 Å². The summed E-state index contributed by atoms with van der Waals surface area (Å²) in [6.45, 7) is 5.68. The maximum atomic E-state index is 12.7. The second-order valence-corrected chi connectivity index (χ2v) is 8.59. The number of carbonyl (C=O) groups excluding carboxylic acids is 1. The van der Waals surface area contributed by atoms with Crippen LogP contribution in [0.1, 0.15) is 36.8 Å². The van der Waals surface area contributed by atoms with Gasteiger partial charge < -0.3 is 10.4 Å². The van der Waals surface area contributed by atoms with Crippen molar-refractivity contribution < 1.29 is 9.90 Å². The van der Waals surface area contributed by atoms with E-state index in [0.29, 0.717) is 12.6 Å². The summed E-state index contributed by atoms with van der Waals surface area (Å²) in [5.41, 5.74) is 2.29. The number of nitrogens with zero attached hydrogens (tertiary/aromatic N) is 3. The highest BCUT2D eigenvalue weighted by Crippen LogP contribution is 2.25. The molecule has 2 fully saturated rings. The summed E-state index contributed by atoms with van der Waals surface area (Å²) in [5, 5.41) is 12.5. The lowest BCUT2D eigenvalue weighted by Gasteiger charge is -2.42. The van der Waals surface area contributed by atoms with Gasteiger partial charge in [0.2, 0.25) is 5.91 Å². The third kappa shape index (κ3) is 5.58. The standard InChI is InChI=1S/C24H32N4O2/c29-23-7-5-19(6-8-23)16-26-24(30)21-4-2-12-28(18-21)22-9-13-27(14-10-22)17-20-3-1-11-25-15-20/h1,3,5-8,11,15,21-22,29H,2,4,9-10,12-14,16-18H2,(H,26,30)/t21-/m0/s1. The number of carbonyl (C=O) groups is 1. The normalized spacial score (nSPS) is 21.4. The molecule has 1 amide bonds. The lowest BCUT2D eigenvalue weighted by atomic mass is 9.93. The first kappa shape index (κ1) is 20.8. The monoisotopic (exact) mass is 408 g/mol. The van der Waals surface area contributed by atoms with Gasteiger partial charge in [0.05, 0.1) is 5.92 Å². The summed E-state index contributed by atoms with van der Waals surface area (Å²) < 4.78 is 0. The number of pyridine rings is 1. The SMILES string of the molecule is O=C(NCc1ccc(O)cc1)[C@H]1CCCN(C2CCN(Cc3cccnc3)CC2)C1. The highest BCUT2D eigenvalue weighted by atomic mass is 16.3. The molecule has 0 aliphatic carbocycles. The van der Waals surface area contributed by atoms with Crippen LogP contribution in [0, 0.1) is 5.92 Å². The fourth-order valence-electron chi connectivity index (χ4n) is 4.69. The Hall–Kier alpha value is -2.44. The van der Waals surface area contributed by atoms with Gasteiger partial charge in [-0.05, 0) is 74.6 Å². The van der Waals surface area contributed by atoms with E-state index in [2.05, 4.69) is 26.2 Å². The molecule has 0 radical (unpaired) electrons. The molecule has 2 aliphatic rings. The number of benzene rings is 1. The molecule has 160 valence electrons. The lowest BCUT2D eigenvalue weighted by molar-refractivity contribution is -0.127. The molecule has 3 heterocycles. The summed E-state index contributed by atoms with van der Waals surface area (Å²) in [6.07, 6.45) is 8.18. The first-order valence-corrected chi connectivity index (χ1v) is 11.1. The molecule has 0 bridgehead atoms. The molecule has 30 heavy (non-hydrogen) atoms. The van der Waals surface area contributed by atoms with E-state index < -0.39 is 0 Å². The van der Waals surface area contributed by atoms with Crippen molar-refractivity contribution in [2.24, 2.45) is 5.92 Å². The van der Waals surface area contributed by atoms with Gasteiger partial charge in [0.1, 0.15) is 5.75 Å². The molecule has 1 aromatic carbocycles. The van der Waals surface area contributed by atoms with E-state index in [0.717, 1.165) is 51.1 Å². The third-order valence-electron chi connectivity index (χ3n) is 6.43. The Balaban J connectivity index is 1.23. The van der Waals surface area contributed by atoms with Gasteiger partial charge in [-0.15, -0.1) is 0 Å². The summed E-state index contributed by atoms with van der Waals surface area (Å²) >= 11 is 0. The molecule has 2 saturated heterocycles. The molecule has 6 heteroatoms. The summed E-state index contributed by atoms with van der Waals surface area (Å²) in [7, 11) is 0. The van der Waals surface area contributed by atoms with Gasteiger partial charge in [-0.2, -0.15) is 0 Å². The van der Waals surface area contributed by atoms with Crippen molar-refractivity contribution in [2.45, 2.75) is 44.8 Å². The van der Waals surface area contributed by atoms with Crippen molar-refractivity contribution in [1.29, 1.82) is 0 Å². The number of aromatic nitrogens is 1. The molecule has 2 aliphatic heterocycles. The molecule has 0 saturated carbocycles. The summed E-state index contributed by atoms with van der Waals surface area (Å²) in [5.74, 6) is 0.477. The molecule has 2 N–H and O–H groups in total. The van der Waals surface area contributed by atoms with E-state index in [-0.39, 0.29) is 17.6 Å². The van der Waals surface area contributed by atoms with Crippen LogP contribution in [-0.2, 0) is 17.9 Å².